The number of H-pyrrole nitrogens is 1. The van der Waals surface area contributed by atoms with E-state index in [4.69, 9.17) is 0 Å². The summed E-state index contributed by atoms with van der Waals surface area (Å²) >= 11 is 4.82. The van der Waals surface area contributed by atoms with E-state index in [1.807, 2.05) is 30.5 Å². The van der Waals surface area contributed by atoms with E-state index in [0.29, 0.717) is 17.7 Å². The molecule has 3 N–H and O–H groups in total. The molecule has 10 heteroatoms. The van der Waals surface area contributed by atoms with Gasteiger partial charge in [0, 0.05) is 4.47 Å². The van der Waals surface area contributed by atoms with Gasteiger partial charge >= 0.3 is 0 Å². The first kappa shape index (κ1) is 20.8. The highest BCUT2D eigenvalue weighted by Gasteiger charge is 2.26. The number of hydrogen-bond acceptors (Lipinski definition) is 5. The van der Waals surface area contributed by atoms with Crippen molar-refractivity contribution >= 4 is 60.6 Å². The molecule has 0 spiro atoms. The quantitative estimate of drug-likeness (QED) is 0.456. The van der Waals surface area contributed by atoms with E-state index in [-0.39, 0.29) is 10.8 Å². The summed E-state index contributed by atoms with van der Waals surface area (Å²) in [5.74, 6) is 0.443. The van der Waals surface area contributed by atoms with Gasteiger partial charge in [0.05, 0.1) is 15.9 Å². The lowest BCUT2D eigenvalue weighted by Gasteiger charge is -2.17. The fourth-order valence-electron chi connectivity index (χ4n) is 2.56. The van der Waals surface area contributed by atoms with Crippen LogP contribution in [-0.4, -0.2) is 42.3 Å². The Bertz CT molecular complexity index is 1030. The molecular formula is C18H19BrN4O3S2. The van der Waals surface area contributed by atoms with E-state index >= 15 is 0 Å². The molecule has 0 aliphatic heterocycles. The molecule has 1 atom stereocenters. The third-order valence-corrected chi connectivity index (χ3v) is 6.64. The lowest BCUT2D eigenvalue weighted by molar-refractivity contribution is -0.117. The fourth-order valence-corrected chi connectivity index (χ4v) is 4.53. The van der Waals surface area contributed by atoms with Crippen molar-refractivity contribution in [3.05, 3.63) is 53.0 Å². The second-order valence-electron chi connectivity index (χ2n) is 6.00. The number of aromatic nitrogens is 2. The number of hydrogen-bond donors (Lipinski definition) is 3. The topological polar surface area (TPSA) is 104 Å². The van der Waals surface area contributed by atoms with Crippen LogP contribution < -0.4 is 10.0 Å². The zero-order chi connectivity index (χ0) is 20.1. The number of para-hydroxylation sites is 2. The molecule has 3 aromatic rings. The SMILES string of the molecule is CSCCC(NS(=O)(=O)c1ccc(Br)cc1)C(=O)Nc1nc2ccccc2[nH]1. The van der Waals surface area contributed by atoms with E-state index < -0.39 is 22.0 Å². The van der Waals surface area contributed by atoms with Crippen molar-refractivity contribution in [3.63, 3.8) is 0 Å². The molecule has 1 amide bonds. The minimum Gasteiger partial charge on any atom is -0.324 e. The fraction of sp³-hybridized carbons (Fsp3) is 0.222. The zero-order valence-corrected chi connectivity index (χ0v) is 18.2. The van der Waals surface area contributed by atoms with Crippen LogP contribution in [0.15, 0.2) is 57.9 Å². The zero-order valence-electron chi connectivity index (χ0n) is 15.0. The Morgan fingerprint density at radius 3 is 2.61 bits per heavy atom. The Hall–Kier alpha value is -1.88. The number of nitrogens with one attached hydrogen (secondary N) is 3. The Kier molecular flexibility index (Phi) is 6.76. The van der Waals surface area contributed by atoms with Gasteiger partial charge in [-0.15, -0.1) is 0 Å². The van der Waals surface area contributed by atoms with Crippen molar-refractivity contribution in [2.75, 3.05) is 17.3 Å². The molecular weight excluding hydrogens is 464 g/mol. The second-order valence-corrected chi connectivity index (χ2v) is 9.62. The number of carbonyl (C=O) groups excluding carboxylic acids is 1. The number of aromatic amines is 1. The van der Waals surface area contributed by atoms with Crippen LogP contribution in [0.2, 0.25) is 0 Å². The van der Waals surface area contributed by atoms with Crippen LogP contribution in [0.1, 0.15) is 6.42 Å². The minimum absolute atomic E-state index is 0.0985. The summed E-state index contributed by atoms with van der Waals surface area (Å²) in [5.41, 5.74) is 1.50. The summed E-state index contributed by atoms with van der Waals surface area (Å²) in [6, 6.07) is 12.7. The van der Waals surface area contributed by atoms with E-state index in [2.05, 4.69) is 35.9 Å². The highest BCUT2D eigenvalue weighted by atomic mass is 79.9. The van der Waals surface area contributed by atoms with Crippen molar-refractivity contribution in [1.29, 1.82) is 0 Å². The van der Waals surface area contributed by atoms with Gasteiger partial charge in [-0.1, -0.05) is 28.1 Å². The number of fused-ring (bicyclic) bond motifs is 1. The predicted molar refractivity (Wildman–Crippen MR) is 116 cm³/mol. The van der Waals surface area contributed by atoms with Gasteiger partial charge in [-0.25, -0.2) is 13.4 Å². The Morgan fingerprint density at radius 2 is 1.93 bits per heavy atom. The molecule has 28 heavy (non-hydrogen) atoms. The number of anilines is 1. The van der Waals surface area contributed by atoms with Crippen LogP contribution >= 0.6 is 27.7 Å². The third kappa shape index (κ3) is 5.13. The van der Waals surface area contributed by atoms with Crippen molar-refractivity contribution in [3.8, 4) is 0 Å². The molecule has 0 bridgehead atoms. The summed E-state index contributed by atoms with van der Waals surface area (Å²) in [7, 11) is -3.84. The number of benzene rings is 2. The van der Waals surface area contributed by atoms with Gasteiger partial charge in [0.15, 0.2) is 0 Å². The number of sulfonamides is 1. The number of nitrogens with zero attached hydrogens (tertiary/aromatic N) is 1. The summed E-state index contributed by atoms with van der Waals surface area (Å²) < 4.78 is 28.6. The maximum absolute atomic E-state index is 12.7. The molecule has 0 aliphatic rings. The first-order valence-electron chi connectivity index (χ1n) is 8.41. The number of rotatable bonds is 8. The van der Waals surface area contributed by atoms with Crippen molar-refractivity contribution in [1.82, 2.24) is 14.7 Å². The summed E-state index contributed by atoms with van der Waals surface area (Å²) in [6.07, 6.45) is 2.25. The van der Waals surface area contributed by atoms with Crippen LogP contribution in [0.5, 0.6) is 0 Å². The number of thioether (sulfide) groups is 1. The molecule has 1 aromatic heterocycles. The molecule has 0 fully saturated rings. The number of amides is 1. The normalized spacial score (nSPS) is 12.8. The lowest BCUT2D eigenvalue weighted by atomic mass is 10.2. The smallest absolute Gasteiger partial charge is 0.244 e. The van der Waals surface area contributed by atoms with Crippen LogP contribution in [-0.2, 0) is 14.8 Å². The van der Waals surface area contributed by atoms with Crippen LogP contribution in [0.25, 0.3) is 11.0 Å². The van der Waals surface area contributed by atoms with Crippen molar-refractivity contribution < 1.29 is 13.2 Å². The van der Waals surface area contributed by atoms with Crippen LogP contribution in [0, 0.1) is 0 Å². The van der Waals surface area contributed by atoms with Gasteiger partial charge in [0.2, 0.25) is 21.9 Å². The van der Waals surface area contributed by atoms with E-state index in [9.17, 15) is 13.2 Å². The van der Waals surface area contributed by atoms with Gasteiger partial charge in [0.1, 0.15) is 6.04 Å². The van der Waals surface area contributed by atoms with Gasteiger partial charge in [-0.05, 0) is 54.8 Å². The van der Waals surface area contributed by atoms with Gasteiger partial charge in [-0.2, -0.15) is 16.5 Å². The Labute approximate surface area is 175 Å². The molecule has 0 aliphatic carbocycles. The third-order valence-electron chi connectivity index (χ3n) is 3.98. The monoisotopic (exact) mass is 482 g/mol. The van der Waals surface area contributed by atoms with Crippen LogP contribution in [0.4, 0.5) is 5.95 Å². The minimum atomic E-state index is -3.84. The maximum atomic E-state index is 12.7. The summed E-state index contributed by atoms with van der Waals surface area (Å²) in [4.78, 5) is 20.2. The molecule has 0 radical (unpaired) electrons. The molecule has 0 saturated carbocycles. The van der Waals surface area contributed by atoms with Crippen molar-refractivity contribution in [2.45, 2.75) is 17.4 Å². The summed E-state index contributed by atoms with van der Waals surface area (Å²) in [5, 5.41) is 2.67. The number of carbonyl (C=O) groups is 1. The maximum Gasteiger partial charge on any atom is 0.244 e. The lowest BCUT2D eigenvalue weighted by Crippen LogP contribution is -2.44. The van der Waals surface area contributed by atoms with Crippen LogP contribution in [0.3, 0.4) is 0 Å². The molecule has 1 unspecified atom stereocenters. The average molecular weight is 483 g/mol. The van der Waals surface area contributed by atoms with Gasteiger partial charge in [-0.3, -0.25) is 10.1 Å². The van der Waals surface area contributed by atoms with E-state index in [1.165, 1.54) is 23.9 Å². The molecule has 3 rings (SSSR count). The molecule has 1 heterocycles. The highest BCUT2D eigenvalue weighted by Crippen LogP contribution is 2.17. The first-order chi connectivity index (χ1) is 13.4. The molecule has 0 saturated heterocycles. The molecule has 148 valence electrons. The van der Waals surface area contributed by atoms with E-state index in [1.54, 1.807) is 12.1 Å². The largest absolute Gasteiger partial charge is 0.324 e. The highest BCUT2D eigenvalue weighted by molar-refractivity contribution is 9.10. The standard InChI is InChI=1S/C18H19BrN4O3S2/c1-27-11-10-16(23-28(25,26)13-8-6-12(19)7-9-13)17(24)22-18-20-14-4-2-3-5-15(14)21-18/h2-9,16,23H,10-11H2,1H3,(H2,20,21,22,24). The molecule has 2 aromatic carbocycles. The first-order valence-corrected chi connectivity index (χ1v) is 12.1. The summed E-state index contributed by atoms with van der Waals surface area (Å²) in [6.45, 7) is 0. The van der Waals surface area contributed by atoms with E-state index in [0.717, 1.165) is 9.99 Å². The second kappa shape index (κ2) is 9.08. The van der Waals surface area contributed by atoms with Crippen molar-refractivity contribution in [2.24, 2.45) is 0 Å². The number of imidazole rings is 1. The Morgan fingerprint density at radius 1 is 1.21 bits per heavy atom. The Balaban J connectivity index is 1.78. The van der Waals surface area contributed by atoms with Gasteiger partial charge in [0.25, 0.3) is 0 Å². The predicted octanol–water partition coefficient (Wildman–Crippen LogP) is 3.36. The average Bonchev–Trinajstić information content (AvgIpc) is 3.07. The van der Waals surface area contributed by atoms with Gasteiger partial charge < -0.3 is 4.98 Å². The number of halogens is 1. The molecule has 7 nitrogen and oxygen atoms in total.